The molecular weight excluding hydrogens is 230 g/mol. The minimum absolute atomic E-state index is 0.218. The van der Waals surface area contributed by atoms with E-state index in [9.17, 15) is 5.11 Å². The van der Waals surface area contributed by atoms with Gasteiger partial charge in [0.1, 0.15) is 5.75 Å². The lowest BCUT2D eigenvalue weighted by Gasteiger charge is -2.30. The number of nitrogens with zero attached hydrogens (tertiary/aromatic N) is 2. The minimum Gasteiger partial charge on any atom is -0.506 e. The molecule has 1 aromatic rings. The quantitative estimate of drug-likeness (QED) is 0.817. The largest absolute Gasteiger partial charge is 0.506 e. The van der Waals surface area contributed by atoms with Gasteiger partial charge in [-0.3, -0.25) is 4.98 Å². The molecule has 1 aliphatic rings. The third-order valence-electron chi connectivity index (χ3n) is 3.10. The normalized spacial score (nSPS) is 21.1. The first-order valence-electron chi connectivity index (χ1n) is 6.31. The van der Waals surface area contributed by atoms with E-state index >= 15 is 0 Å². The smallest absolute Gasteiger partial charge is 0.138 e. The molecule has 0 spiro atoms. The van der Waals surface area contributed by atoms with Crippen molar-refractivity contribution >= 4 is 0 Å². The van der Waals surface area contributed by atoms with Crippen molar-refractivity contribution in [2.45, 2.75) is 19.6 Å². The highest BCUT2D eigenvalue weighted by Gasteiger charge is 2.17. The maximum Gasteiger partial charge on any atom is 0.138 e. The Morgan fingerprint density at radius 1 is 1.56 bits per heavy atom. The van der Waals surface area contributed by atoms with E-state index in [-0.39, 0.29) is 11.9 Å². The van der Waals surface area contributed by atoms with Gasteiger partial charge in [-0.05, 0) is 26.1 Å². The number of morpholine rings is 1. The van der Waals surface area contributed by atoms with E-state index in [1.54, 1.807) is 12.1 Å². The molecule has 2 heterocycles. The molecule has 1 aromatic heterocycles. The molecule has 1 aliphatic heterocycles. The molecule has 0 amide bonds. The lowest BCUT2D eigenvalue weighted by atomic mass is 10.2. The Labute approximate surface area is 108 Å². The number of hydrogen-bond donors (Lipinski definition) is 2. The number of ether oxygens (including phenoxy) is 1. The molecule has 0 saturated carbocycles. The van der Waals surface area contributed by atoms with Crippen LogP contribution in [0.1, 0.15) is 11.4 Å². The summed E-state index contributed by atoms with van der Waals surface area (Å²) in [6.45, 7) is 5.99. The van der Waals surface area contributed by atoms with Gasteiger partial charge < -0.3 is 20.1 Å². The molecule has 0 aliphatic carbocycles. The van der Waals surface area contributed by atoms with Crippen molar-refractivity contribution in [3.8, 4) is 5.75 Å². The predicted octanol–water partition coefficient (Wildman–Crippen LogP) is 0.516. The van der Waals surface area contributed by atoms with Crippen LogP contribution in [0.15, 0.2) is 12.1 Å². The molecule has 1 unspecified atom stereocenters. The Bertz CT molecular complexity index is 398. The first-order chi connectivity index (χ1) is 8.65. The molecule has 0 radical (unpaired) electrons. The van der Waals surface area contributed by atoms with E-state index in [0.29, 0.717) is 12.2 Å². The maximum atomic E-state index is 9.67. The Kier molecular flexibility index (Phi) is 4.52. The predicted molar refractivity (Wildman–Crippen MR) is 69.6 cm³/mol. The Morgan fingerprint density at radius 3 is 3.17 bits per heavy atom. The minimum atomic E-state index is 0.218. The first kappa shape index (κ1) is 13.3. The first-order valence-corrected chi connectivity index (χ1v) is 6.31. The molecular formula is C13H21N3O2. The van der Waals surface area contributed by atoms with Crippen LogP contribution in [0.2, 0.25) is 0 Å². The zero-order valence-electron chi connectivity index (χ0n) is 11.0. The van der Waals surface area contributed by atoms with Gasteiger partial charge >= 0.3 is 0 Å². The second-order valence-electron chi connectivity index (χ2n) is 4.80. The van der Waals surface area contributed by atoms with Gasteiger partial charge in [0, 0.05) is 31.9 Å². The van der Waals surface area contributed by atoms with Crippen molar-refractivity contribution in [1.29, 1.82) is 0 Å². The van der Waals surface area contributed by atoms with Gasteiger partial charge in [-0.1, -0.05) is 0 Å². The molecule has 5 heteroatoms. The summed E-state index contributed by atoms with van der Waals surface area (Å²) in [6, 6.07) is 3.49. The van der Waals surface area contributed by atoms with Crippen molar-refractivity contribution in [3.63, 3.8) is 0 Å². The topological polar surface area (TPSA) is 57.6 Å². The van der Waals surface area contributed by atoms with Crippen LogP contribution in [0.3, 0.4) is 0 Å². The SMILES string of the molecule is Cc1ccc(O)c(CNCC2CN(C)CCO2)n1. The number of rotatable bonds is 4. The van der Waals surface area contributed by atoms with Crippen LogP contribution in [-0.2, 0) is 11.3 Å². The van der Waals surface area contributed by atoms with Crippen molar-refractivity contribution < 1.29 is 9.84 Å². The highest BCUT2D eigenvalue weighted by Crippen LogP contribution is 2.14. The fourth-order valence-electron chi connectivity index (χ4n) is 2.08. The number of pyridine rings is 1. The highest BCUT2D eigenvalue weighted by molar-refractivity contribution is 5.27. The van der Waals surface area contributed by atoms with E-state index < -0.39 is 0 Å². The summed E-state index contributed by atoms with van der Waals surface area (Å²) >= 11 is 0. The van der Waals surface area contributed by atoms with E-state index in [0.717, 1.165) is 31.9 Å². The average molecular weight is 251 g/mol. The molecule has 0 aromatic carbocycles. The van der Waals surface area contributed by atoms with Gasteiger partial charge in [-0.2, -0.15) is 0 Å². The second-order valence-corrected chi connectivity index (χ2v) is 4.80. The van der Waals surface area contributed by atoms with E-state index in [1.807, 2.05) is 6.92 Å². The number of aromatic hydroxyl groups is 1. The third-order valence-corrected chi connectivity index (χ3v) is 3.10. The van der Waals surface area contributed by atoms with Crippen LogP contribution >= 0.6 is 0 Å². The van der Waals surface area contributed by atoms with Gasteiger partial charge in [-0.25, -0.2) is 0 Å². The van der Waals surface area contributed by atoms with Crippen LogP contribution in [0.4, 0.5) is 0 Å². The number of aromatic nitrogens is 1. The summed E-state index contributed by atoms with van der Waals surface area (Å²) < 4.78 is 5.65. The summed E-state index contributed by atoms with van der Waals surface area (Å²) in [4.78, 5) is 6.57. The third kappa shape index (κ3) is 3.66. The second kappa shape index (κ2) is 6.13. The molecule has 100 valence electrons. The maximum absolute atomic E-state index is 9.67. The molecule has 5 nitrogen and oxygen atoms in total. The summed E-state index contributed by atoms with van der Waals surface area (Å²) in [6.07, 6.45) is 0.218. The lowest BCUT2D eigenvalue weighted by Crippen LogP contribution is -2.44. The fraction of sp³-hybridized carbons (Fsp3) is 0.615. The molecule has 1 saturated heterocycles. The molecule has 18 heavy (non-hydrogen) atoms. The van der Waals surface area contributed by atoms with E-state index in [2.05, 4.69) is 22.2 Å². The zero-order valence-corrected chi connectivity index (χ0v) is 11.0. The van der Waals surface area contributed by atoms with Crippen molar-refractivity contribution in [3.05, 3.63) is 23.5 Å². The zero-order chi connectivity index (χ0) is 13.0. The van der Waals surface area contributed by atoms with Crippen LogP contribution in [0, 0.1) is 6.92 Å². The summed E-state index contributed by atoms with van der Waals surface area (Å²) in [7, 11) is 2.10. The summed E-state index contributed by atoms with van der Waals surface area (Å²) in [5.41, 5.74) is 1.61. The Balaban J connectivity index is 1.79. The summed E-state index contributed by atoms with van der Waals surface area (Å²) in [5.74, 6) is 0.245. The number of likely N-dealkylation sites (N-methyl/N-ethyl adjacent to an activating group) is 1. The molecule has 0 bridgehead atoms. The Hall–Kier alpha value is -1.17. The van der Waals surface area contributed by atoms with Gasteiger partial charge in [0.2, 0.25) is 0 Å². The van der Waals surface area contributed by atoms with Crippen LogP contribution < -0.4 is 5.32 Å². The van der Waals surface area contributed by atoms with Crippen LogP contribution in [0.5, 0.6) is 5.75 Å². The van der Waals surface area contributed by atoms with Gasteiger partial charge in [0.15, 0.2) is 0 Å². The van der Waals surface area contributed by atoms with Crippen molar-refractivity contribution in [1.82, 2.24) is 15.2 Å². The van der Waals surface area contributed by atoms with Gasteiger partial charge in [0.25, 0.3) is 0 Å². The van der Waals surface area contributed by atoms with Crippen molar-refractivity contribution in [2.24, 2.45) is 0 Å². The molecule has 1 atom stereocenters. The standard InChI is InChI=1S/C13H21N3O2/c1-10-3-4-13(17)12(15-10)8-14-7-11-9-16(2)5-6-18-11/h3-4,11,14,17H,5-9H2,1-2H3. The number of aryl methyl sites for hydroxylation is 1. The molecule has 1 fully saturated rings. The van der Waals surface area contributed by atoms with E-state index in [1.165, 1.54) is 0 Å². The Morgan fingerprint density at radius 2 is 2.39 bits per heavy atom. The summed E-state index contributed by atoms with van der Waals surface area (Å²) in [5, 5.41) is 13.0. The lowest BCUT2D eigenvalue weighted by molar-refractivity contribution is -0.0182. The van der Waals surface area contributed by atoms with E-state index in [4.69, 9.17) is 4.74 Å². The fourth-order valence-corrected chi connectivity index (χ4v) is 2.08. The highest BCUT2D eigenvalue weighted by atomic mass is 16.5. The monoisotopic (exact) mass is 251 g/mol. The number of hydrogen-bond acceptors (Lipinski definition) is 5. The van der Waals surface area contributed by atoms with Gasteiger partial charge in [0.05, 0.1) is 18.4 Å². The van der Waals surface area contributed by atoms with Crippen LogP contribution in [-0.4, -0.2) is 54.4 Å². The average Bonchev–Trinajstić information content (AvgIpc) is 2.34. The number of nitrogens with one attached hydrogen (secondary N) is 1. The van der Waals surface area contributed by atoms with Gasteiger partial charge in [-0.15, -0.1) is 0 Å². The van der Waals surface area contributed by atoms with Crippen LogP contribution in [0.25, 0.3) is 0 Å². The van der Waals surface area contributed by atoms with Crippen molar-refractivity contribution in [2.75, 3.05) is 33.3 Å². The molecule has 2 N–H and O–H groups in total. The molecule has 2 rings (SSSR count).